The van der Waals surface area contributed by atoms with Gasteiger partial charge in [0.05, 0.1) is 1.37 Å². The maximum Gasteiger partial charge on any atom is 0.0623 e. The van der Waals surface area contributed by atoms with Gasteiger partial charge in [-0.15, -0.1) is 12.6 Å². The van der Waals surface area contributed by atoms with Gasteiger partial charge < -0.3 is 0 Å². The van der Waals surface area contributed by atoms with Gasteiger partial charge in [-0.05, 0) is 12.1 Å². The number of hydrogen-bond donors (Lipinski definition) is 1. The van der Waals surface area contributed by atoms with Crippen LogP contribution in [0, 0.1) is 0 Å². The summed E-state index contributed by atoms with van der Waals surface area (Å²) in [4.78, 5) is 0.904. The van der Waals surface area contributed by atoms with Crippen LogP contribution in [0.15, 0.2) is 35.2 Å². The summed E-state index contributed by atoms with van der Waals surface area (Å²) in [5.74, 6) is 0. The van der Waals surface area contributed by atoms with Crippen molar-refractivity contribution in [1.82, 2.24) is 0 Å². The third-order valence-electron chi connectivity index (χ3n) is 0.701. The Kier molecular flexibility index (Phi) is 1.03. The zero-order chi connectivity index (χ0) is 5.98. The maximum atomic E-state index is 7.06. The topological polar surface area (TPSA) is 0 Å². The van der Waals surface area contributed by atoms with E-state index in [0.29, 0.717) is 6.04 Å². The molecule has 0 aliphatic rings. The van der Waals surface area contributed by atoms with Crippen LogP contribution in [-0.4, -0.2) is 0 Å². The summed E-state index contributed by atoms with van der Waals surface area (Å²) >= 11 is 4.05. The molecule has 36 valence electrons. The highest BCUT2D eigenvalue weighted by atomic mass is 32.1. The van der Waals surface area contributed by atoms with Crippen LogP contribution >= 0.6 is 12.6 Å². The first kappa shape index (κ1) is 3.56. The average molecular weight is 111 g/mol. The number of thiol groups is 1. The van der Waals surface area contributed by atoms with Gasteiger partial charge in [0, 0.05) is 4.90 Å². The van der Waals surface area contributed by atoms with Crippen molar-refractivity contribution >= 4 is 12.6 Å². The van der Waals surface area contributed by atoms with E-state index in [9.17, 15) is 0 Å². The Morgan fingerprint density at radius 2 is 2.00 bits per heavy atom. The molecule has 1 rings (SSSR count). The molecule has 0 fully saturated rings. The monoisotopic (exact) mass is 111 g/mol. The summed E-state index contributed by atoms with van der Waals surface area (Å²) in [7, 11) is 0. The molecule has 0 atom stereocenters. The quantitative estimate of drug-likeness (QED) is 0.486. The van der Waals surface area contributed by atoms with Crippen molar-refractivity contribution in [2.45, 2.75) is 4.90 Å². The number of hydrogen-bond acceptors (Lipinski definition) is 1. The van der Waals surface area contributed by atoms with Crippen LogP contribution in [0.1, 0.15) is 1.37 Å². The first-order valence-electron chi connectivity index (χ1n) is 2.54. The van der Waals surface area contributed by atoms with E-state index in [1.807, 2.05) is 0 Å². The van der Waals surface area contributed by atoms with Crippen LogP contribution in [0.5, 0.6) is 0 Å². The van der Waals surface area contributed by atoms with E-state index in [0.717, 1.165) is 4.90 Å². The van der Waals surface area contributed by atoms with Crippen LogP contribution in [-0.2, 0) is 0 Å². The standard InChI is InChI=1S/C6H6S/c7-6-4-2-1-3-5-6/h1-5,7H/i1D. The first-order chi connectivity index (χ1) is 3.79. The highest BCUT2D eigenvalue weighted by molar-refractivity contribution is 7.80. The van der Waals surface area contributed by atoms with Crippen LogP contribution < -0.4 is 0 Å². The number of rotatable bonds is 0. The molecule has 0 heterocycles. The first-order valence-corrected chi connectivity index (χ1v) is 2.49. The molecular weight excluding hydrogens is 104 g/mol. The molecule has 0 nitrogen and oxygen atoms in total. The average Bonchev–Trinajstić information content (AvgIpc) is 1.77. The SMILES string of the molecule is [2H]c1ccc(S)cc1. The Morgan fingerprint density at radius 3 is 2.43 bits per heavy atom. The lowest BCUT2D eigenvalue weighted by molar-refractivity contribution is 1.48. The van der Waals surface area contributed by atoms with Gasteiger partial charge in [0.2, 0.25) is 0 Å². The van der Waals surface area contributed by atoms with Crippen LogP contribution in [0.25, 0.3) is 0 Å². The van der Waals surface area contributed by atoms with E-state index in [1.54, 1.807) is 24.3 Å². The van der Waals surface area contributed by atoms with Gasteiger partial charge >= 0.3 is 0 Å². The minimum Gasteiger partial charge on any atom is -0.143 e. The molecule has 1 heteroatoms. The third kappa shape index (κ3) is 1.24. The molecular formula is C6H6S. The van der Waals surface area contributed by atoms with Gasteiger partial charge in [-0.2, -0.15) is 0 Å². The van der Waals surface area contributed by atoms with Gasteiger partial charge in [0.1, 0.15) is 0 Å². The largest absolute Gasteiger partial charge is 0.143 e. The molecule has 0 N–H and O–H groups in total. The van der Waals surface area contributed by atoms with Crippen LogP contribution in [0.3, 0.4) is 0 Å². The van der Waals surface area contributed by atoms with Crippen molar-refractivity contribution in [3.63, 3.8) is 0 Å². The predicted molar refractivity (Wildman–Crippen MR) is 33.7 cm³/mol. The fourth-order valence-electron chi connectivity index (χ4n) is 0.378. The summed E-state index contributed by atoms with van der Waals surface area (Å²) in [6, 6.07) is 7.55. The second kappa shape index (κ2) is 2.03. The molecule has 0 unspecified atom stereocenters. The smallest absolute Gasteiger partial charge is 0.0623 e. The van der Waals surface area contributed by atoms with Gasteiger partial charge in [0.25, 0.3) is 0 Å². The Morgan fingerprint density at radius 1 is 1.43 bits per heavy atom. The Bertz CT molecular complexity index is 147. The molecule has 0 aliphatic heterocycles. The van der Waals surface area contributed by atoms with Gasteiger partial charge in [-0.3, -0.25) is 0 Å². The van der Waals surface area contributed by atoms with Crippen molar-refractivity contribution in [2.75, 3.05) is 0 Å². The zero-order valence-corrected chi connectivity index (χ0v) is 4.65. The lowest BCUT2D eigenvalue weighted by atomic mass is 10.4. The molecule has 0 saturated heterocycles. The normalized spacial score (nSPS) is 10.7. The van der Waals surface area contributed by atoms with E-state index in [2.05, 4.69) is 12.6 Å². The van der Waals surface area contributed by atoms with E-state index in [1.165, 1.54) is 0 Å². The van der Waals surface area contributed by atoms with E-state index < -0.39 is 0 Å². The van der Waals surface area contributed by atoms with E-state index in [-0.39, 0.29) is 0 Å². The van der Waals surface area contributed by atoms with Crippen LogP contribution in [0.4, 0.5) is 0 Å². The van der Waals surface area contributed by atoms with Crippen molar-refractivity contribution in [1.29, 1.82) is 0 Å². The molecule has 0 saturated carbocycles. The minimum atomic E-state index is 0.530. The minimum absolute atomic E-state index is 0.530. The van der Waals surface area contributed by atoms with Crippen molar-refractivity contribution in [2.24, 2.45) is 0 Å². The molecule has 0 aliphatic carbocycles. The molecule has 7 heavy (non-hydrogen) atoms. The highest BCUT2D eigenvalue weighted by Gasteiger charge is 1.73. The summed E-state index contributed by atoms with van der Waals surface area (Å²) in [5.41, 5.74) is 0. The molecule has 0 spiro atoms. The van der Waals surface area contributed by atoms with Crippen molar-refractivity contribution < 1.29 is 1.37 Å². The summed E-state index contributed by atoms with van der Waals surface area (Å²) < 4.78 is 7.06. The lowest BCUT2D eigenvalue weighted by Crippen LogP contribution is -1.56. The van der Waals surface area contributed by atoms with Gasteiger partial charge in [-0.1, -0.05) is 18.2 Å². The predicted octanol–water partition coefficient (Wildman–Crippen LogP) is 1.98. The van der Waals surface area contributed by atoms with E-state index in [4.69, 9.17) is 1.37 Å². The van der Waals surface area contributed by atoms with E-state index >= 15 is 0 Å². The van der Waals surface area contributed by atoms with Gasteiger partial charge in [-0.25, -0.2) is 0 Å². The Labute approximate surface area is 50.0 Å². The molecule has 0 radical (unpaired) electrons. The fraction of sp³-hybridized carbons (Fsp3) is 0. The molecule has 1 aromatic carbocycles. The molecule has 1 aromatic rings. The lowest BCUT2D eigenvalue weighted by Gasteiger charge is -1.81. The van der Waals surface area contributed by atoms with Gasteiger partial charge in [0.15, 0.2) is 0 Å². The Hall–Kier alpha value is -0.430. The second-order valence-electron chi connectivity index (χ2n) is 1.26. The number of benzene rings is 1. The summed E-state index contributed by atoms with van der Waals surface area (Å²) in [6.07, 6.45) is 0. The summed E-state index contributed by atoms with van der Waals surface area (Å²) in [6.45, 7) is 0. The fourth-order valence-corrected chi connectivity index (χ4v) is 0.527. The maximum absolute atomic E-state index is 7.06. The van der Waals surface area contributed by atoms with Crippen molar-refractivity contribution in [3.05, 3.63) is 30.3 Å². The van der Waals surface area contributed by atoms with Crippen LogP contribution in [0.2, 0.25) is 0 Å². The molecule has 0 amide bonds. The van der Waals surface area contributed by atoms with Crippen molar-refractivity contribution in [3.8, 4) is 0 Å². The second-order valence-corrected chi connectivity index (χ2v) is 1.77. The zero-order valence-electron chi connectivity index (χ0n) is 4.76. The molecule has 0 aromatic heterocycles. The Balaban J connectivity index is 3.03. The third-order valence-corrected chi connectivity index (χ3v) is 0.999. The highest BCUT2D eigenvalue weighted by Crippen LogP contribution is 2.00. The molecule has 0 bridgehead atoms. The summed E-state index contributed by atoms with van der Waals surface area (Å²) in [5, 5.41) is 0.